The van der Waals surface area contributed by atoms with Crippen LogP contribution in [0.5, 0.6) is 0 Å². The summed E-state index contributed by atoms with van der Waals surface area (Å²) in [6.45, 7) is 3.95. The largest absolute Gasteiger partial charge is 0.250 e. The molecule has 1 aliphatic heterocycles. The minimum atomic E-state index is -0.349. The van der Waals surface area contributed by atoms with Gasteiger partial charge in [0.05, 0.1) is 0 Å². The Kier molecular flexibility index (Phi) is 1.83. The van der Waals surface area contributed by atoms with Crippen LogP contribution in [0.3, 0.4) is 0 Å². The number of amidine groups is 1. The number of nitrogens with zero attached hydrogens (tertiary/aromatic N) is 1. The van der Waals surface area contributed by atoms with E-state index in [1.54, 1.807) is 0 Å². The van der Waals surface area contributed by atoms with Crippen LogP contribution in [0.4, 0.5) is 0 Å². The van der Waals surface area contributed by atoms with Gasteiger partial charge in [-0.2, -0.15) is 0 Å². The summed E-state index contributed by atoms with van der Waals surface area (Å²) in [5.74, 6) is 1.70. The number of hydrogen-bond donors (Lipinski definition) is 1. The van der Waals surface area contributed by atoms with Crippen molar-refractivity contribution < 1.29 is 4.84 Å². The molecule has 0 amide bonds. The van der Waals surface area contributed by atoms with Gasteiger partial charge < -0.3 is 0 Å². The first-order chi connectivity index (χ1) is 5.67. The summed E-state index contributed by atoms with van der Waals surface area (Å²) >= 11 is 0. The van der Waals surface area contributed by atoms with E-state index in [4.69, 9.17) is 4.84 Å². The fraction of sp³-hybridized carbons (Fsp3) is 0.889. The number of hydrogen-bond acceptors (Lipinski definition) is 3. The monoisotopic (exact) mass is 168 g/mol. The Labute approximate surface area is 73.2 Å². The normalized spacial score (nSPS) is 28.7. The smallest absolute Gasteiger partial charge is 0.181 e. The molecule has 0 unspecified atom stereocenters. The molecule has 2 rings (SSSR count). The highest BCUT2D eigenvalue weighted by atomic mass is 16.7. The standard InChI is InChI=1S/C9H16N2O/c1-9(2)10-8(11-12-9)7-5-3-4-6-7/h7H,3-6H2,1-2H3,(H,10,11). The summed E-state index contributed by atoms with van der Waals surface area (Å²) in [7, 11) is 0. The molecule has 68 valence electrons. The van der Waals surface area contributed by atoms with E-state index >= 15 is 0 Å². The zero-order valence-corrected chi connectivity index (χ0v) is 7.76. The van der Waals surface area contributed by atoms with E-state index in [1.807, 2.05) is 13.8 Å². The number of hydroxylamine groups is 1. The van der Waals surface area contributed by atoms with Crippen LogP contribution in [0.2, 0.25) is 0 Å². The minimum Gasteiger partial charge on any atom is -0.250 e. The topological polar surface area (TPSA) is 33.6 Å². The molecule has 1 N–H and O–H groups in total. The van der Waals surface area contributed by atoms with E-state index in [-0.39, 0.29) is 5.72 Å². The van der Waals surface area contributed by atoms with E-state index in [9.17, 15) is 0 Å². The molecular formula is C9H16N2O. The lowest BCUT2D eigenvalue weighted by atomic mass is 10.1. The lowest BCUT2D eigenvalue weighted by Gasteiger charge is -2.09. The second-order valence-corrected chi connectivity index (χ2v) is 4.13. The summed E-state index contributed by atoms with van der Waals surface area (Å²) in [5.41, 5.74) is 2.59. The van der Waals surface area contributed by atoms with Gasteiger partial charge in [0.15, 0.2) is 5.72 Å². The maximum atomic E-state index is 5.31. The second kappa shape index (κ2) is 2.73. The number of rotatable bonds is 1. The lowest BCUT2D eigenvalue weighted by molar-refractivity contribution is -0.0278. The predicted octanol–water partition coefficient (Wildman–Crippen LogP) is 1.85. The van der Waals surface area contributed by atoms with Gasteiger partial charge in [-0.15, -0.1) is 0 Å². The molecule has 0 aromatic carbocycles. The molecule has 1 fully saturated rings. The summed E-state index contributed by atoms with van der Waals surface area (Å²) in [4.78, 5) is 9.80. The quantitative estimate of drug-likeness (QED) is 0.648. The van der Waals surface area contributed by atoms with E-state index < -0.39 is 0 Å². The highest BCUT2D eigenvalue weighted by Crippen LogP contribution is 2.28. The van der Waals surface area contributed by atoms with Crippen LogP contribution >= 0.6 is 0 Å². The first kappa shape index (κ1) is 8.05. The molecule has 0 saturated heterocycles. The van der Waals surface area contributed by atoms with Gasteiger partial charge in [0.25, 0.3) is 0 Å². The van der Waals surface area contributed by atoms with Crippen LogP contribution in [-0.4, -0.2) is 11.6 Å². The maximum absolute atomic E-state index is 5.31. The Morgan fingerprint density at radius 2 is 2.08 bits per heavy atom. The highest BCUT2D eigenvalue weighted by molar-refractivity contribution is 5.85. The van der Waals surface area contributed by atoms with E-state index in [2.05, 4.69) is 10.5 Å². The van der Waals surface area contributed by atoms with Crippen LogP contribution in [-0.2, 0) is 4.84 Å². The SMILES string of the molecule is CC1(C)N=C(C2CCCC2)NO1. The molecular weight excluding hydrogens is 152 g/mol. The summed E-state index contributed by atoms with van der Waals surface area (Å²) in [5, 5.41) is 0. The third kappa shape index (κ3) is 1.46. The Morgan fingerprint density at radius 3 is 2.58 bits per heavy atom. The fourth-order valence-electron chi connectivity index (χ4n) is 1.89. The number of aliphatic imine (C=N–C) groups is 1. The van der Waals surface area contributed by atoms with Crippen molar-refractivity contribution in [2.75, 3.05) is 0 Å². The summed E-state index contributed by atoms with van der Waals surface area (Å²) in [6, 6.07) is 0. The van der Waals surface area contributed by atoms with Crippen molar-refractivity contribution in [1.29, 1.82) is 0 Å². The molecule has 0 spiro atoms. The predicted molar refractivity (Wildman–Crippen MR) is 47.7 cm³/mol. The van der Waals surface area contributed by atoms with Gasteiger partial charge >= 0.3 is 0 Å². The average Bonchev–Trinajstić information content (AvgIpc) is 2.55. The molecule has 0 aromatic rings. The van der Waals surface area contributed by atoms with Crippen LogP contribution in [0.15, 0.2) is 4.99 Å². The van der Waals surface area contributed by atoms with Crippen molar-refractivity contribution in [3.8, 4) is 0 Å². The van der Waals surface area contributed by atoms with Crippen molar-refractivity contribution in [3.05, 3.63) is 0 Å². The molecule has 2 aliphatic rings. The molecule has 12 heavy (non-hydrogen) atoms. The van der Waals surface area contributed by atoms with Crippen molar-refractivity contribution in [3.63, 3.8) is 0 Å². The van der Waals surface area contributed by atoms with Gasteiger partial charge in [-0.3, -0.25) is 5.48 Å². The maximum Gasteiger partial charge on any atom is 0.181 e. The van der Waals surface area contributed by atoms with Crippen LogP contribution < -0.4 is 5.48 Å². The molecule has 0 bridgehead atoms. The van der Waals surface area contributed by atoms with Crippen molar-refractivity contribution in [2.24, 2.45) is 10.9 Å². The lowest BCUT2D eigenvalue weighted by Crippen LogP contribution is -2.26. The minimum absolute atomic E-state index is 0.349. The average molecular weight is 168 g/mol. The molecule has 0 atom stereocenters. The molecule has 0 radical (unpaired) electrons. The second-order valence-electron chi connectivity index (χ2n) is 4.13. The van der Waals surface area contributed by atoms with Crippen molar-refractivity contribution >= 4 is 5.84 Å². The third-order valence-corrected chi connectivity index (χ3v) is 2.54. The van der Waals surface area contributed by atoms with Crippen LogP contribution in [0.25, 0.3) is 0 Å². The molecule has 3 heteroatoms. The first-order valence-electron chi connectivity index (χ1n) is 4.71. The van der Waals surface area contributed by atoms with Gasteiger partial charge in [-0.25, -0.2) is 9.83 Å². The number of nitrogens with one attached hydrogen (secondary N) is 1. The van der Waals surface area contributed by atoms with E-state index in [0.717, 1.165) is 5.84 Å². The first-order valence-corrected chi connectivity index (χ1v) is 4.71. The van der Waals surface area contributed by atoms with Crippen molar-refractivity contribution in [1.82, 2.24) is 5.48 Å². The van der Waals surface area contributed by atoms with Gasteiger partial charge in [-0.05, 0) is 26.7 Å². The Morgan fingerprint density at radius 1 is 1.42 bits per heavy atom. The third-order valence-electron chi connectivity index (χ3n) is 2.54. The molecule has 1 heterocycles. The Balaban J connectivity index is 2.05. The van der Waals surface area contributed by atoms with Gasteiger partial charge in [0.2, 0.25) is 0 Å². The van der Waals surface area contributed by atoms with E-state index in [1.165, 1.54) is 25.7 Å². The zero-order valence-electron chi connectivity index (χ0n) is 7.76. The molecule has 0 aromatic heterocycles. The van der Waals surface area contributed by atoms with Gasteiger partial charge in [-0.1, -0.05) is 12.8 Å². The Bertz CT molecular complexity index is 205. The van der Waals surface area contributed by atoms with Crippen LogP contribution in [0, 0.1) is 5.92 Å². The van der Waals surface area contributed by atoms with E-state index in [0.29, 0.717) is 5.92 Å². The van der Waals surface area contributed by atoms with Crippen LogP contribution in [0.1, 0.15) is 39.5 Å². The highest BCUT2D eigenvalue weighted by Gasteiger charge is 2.31. The molecule has 1 saturated carbocycles. The van der Waals surface area contributed by atoms with Gasteiger partial charge in [0, 0.05) is 5.92 Å². The van der Waals surface area contributed by atoms with Gasteiger partial charge in [0.1, 0.15) is 5.84 Å². The van der Waals surface area contributed by atoms with Crippen molar-refractivity contribution in [2.45, 2.75) is 45.3 Å². The molecule has 1 aliphatic carbocycles. The summed E-state index contributed by atoms with van der Waals surface area (Å²) in [6.07, 6.45) is 5.22. The Hall–Kier alpha value is -0.570. The summed E-state index contributed by atoms with van der Waals surface area (Å²) < 4.78 is 0. The zero-order chi connectivity index (χ0) is 8.60. The fourth-order valence-corrected chi connectivity index (χ4v) is 1.89. The molecule has 3 nitrogen and oxygen atoms in total.